The molecule has 4 heteroatoms. The molecule has 1 aromatic carbocycles. The van der Waals surface area contributed by atoms with E-state index in [1.54, 1.807) is 31.4 Å². The summed E-state index contributed by atoms with van der Waals surface area (Å²) in [6.45, 7) is 0. The van der Waals surface area contributed by atoms with Crippen LogP contribution in [0.2, 0.25) is 0 Å². The van der Waals surface area contributed by atoms with E-state index in [-0.39, 0.29) is 5.78 Å². The van der Waals surface area contributed by atoms with Gasteiger partial charge >= 0.3 is 5.97 Å². The lowest BCUT2D eigenvalue weighted by Crippen LogP contribution is -1.98. The molecule has 0 saturated heterocycles. The molecule has 0 aliphatic rings. The van der Waals surface area contributed by atoms with E-state index in [4.69, 9.17) is 4.74 Å². The number of ketones is 1. The third-order valence-electron chi connectivity index (χ3n) is 1.95. The van der Waals surface area contributed by atoms with E-state index >= 15 is 0 Å². The molecule has 0 amide bonds. The van der Waals surface area contributed by atoms with E-state index in [0.29, 0.717) is 11.3 Å². The topological polar surface area (TPSA) is 52.6 Å². The summed E-state index contributed by atoms with van der Waals surface area (Å²) in [6.07, 6.45) is 2.26. The van der Waals surface area contributed by atoms with Crippen molar-refractivity contribution < 1.29 is 19.1 Å². The monoisotopic (exact) mass is 220 g/mol. The van der Waals surface area contributed by atoms with Crippen LogP contribution in [0.15, 0.2) is 36.4 Å². The lowest BCUT2D eigenvalue weighted by atomic mass is 10.1. The van der Waals surface area contributed by atoms with Crippen molar-refractivity contribution >= 4 is 11.8 Å². The van der Waals surface area contributed by atoms with Gasteiger partial charge in [-0.2, -0.15) is 0 Å². The van der Waals surface area contributed by atoms with Gasteiger partial charge in [0.25, 0.3) is 0 Å². The molecule has 0 radical (unpaired) electrons. The highest BCUT2D eigenvalue weighted by atomic mass is 16.5. The fourth-order valence-electron chi connectivity index (χ4n) is 1.06. The zero-order chi connectivity index (χ0) is 12.0. The summed E-state index contributed by atoms with van der Waals surface area (Å²) in [5.41, 5.74) is 0.487. The summed E-state index contributed by atoms with van der Waals surface area (Å²) >= 11 is 0. The second-order valence-electron chi connectivity index (χ2n) is 2.95. The maximum Gasteiger partial charge on any atom is 0.330 e. The number of rotatable bonds is 4. The number of ether oxygens (including phenoxy) is 2. The van der Waals surface area contributed by atoms with Crippen LogP contribution in [0.1, 0.15) is 10.4 Å². The molecule has 16 heavy (non-hydrogen) atoms. The van der Waals surface area contributed by atoms with E-state index in [1.165, 1.54) is 13.2 Å². The van der Waals surface area contributed by atoms with Gasteiger partial charge in [-0.25, -0.2) is 4.79 Å². The average molecular weight is 220 g/mol. The molecule has 0 aliphatic carbocycles. The molecule has 0 aliphatic heterocycles. The zero-order valence-corrected chi connectivity index (χ0v) is 9.10. The third kappa shape index (κ3) is 3.24. The Morgan fingerprint density at radius 3 is 2.19 bits per heavy atom. The Bertz CT molecular complexity index is 404. The minimum atomic E-state index is -0.554. The standard InChI is InChI=1S/C12H12O4/c1-15-10-5-3-9(4-6-10)11(13)7-8-12(14)16-2/h3-8H,1-2H3/b8-7+. The summed E-state index contributed by atoms with van der Waals surface area (Å²) in [5, 5.41) is 0. The highest BCUT2D eigenvalue weighted by molar-refractivity contribution is 6.07. The first-order chi connectivity index (χ1) is 7.67. The molecule has 0 spiro atoms. The highest BCUT2D eigenvalue weighted by Gasteiger charge is 2.02. The summed E-state index contributed by atoms with van der Waals surface area (Å²) < 4.78 is 9.34. The Kier molecular flexibility index (Phi) is 4.27. The fourth-order valence-corrected chi connectivity index (χ4v) is 1.06. The first-order valence-corrected chi connectivity index (χ1v) is 4.62. The summed E-state index contributed by atoms with van der Waals surface area (Å²) in [4.78, 5) is 22.3. The van der Waals surface area contributed by atoms with E-state index in [0.717, 1.165) is 6.08 Å². The molecule has 0 N–H and O–H groups in total. The molecule has 0 bridgehead atoms. The highest BCUT2D eigenvalue weighted by Crippen LogP contribution is 2.11. The molecular weight excluding hydrogens is 208 g/mol. The molecule has 0 fully saturated rings. The average Bonchev–Trinajstić information content (AvgIpc) is 2.35. The number of esters is 1. The van der Waals surface area contributed by atoms with Gasteiger partial charge in [0.2, 0.25) is 0 Å². The minimum Gasteiger partial charge on any atom is -0.497 e. The van der Waals surface area contributed by atoms with Crippen LogP contribution in [0, 0.1) is 0 Å². The Hall–Kier alpha value is -2.10. The number of hydrogen-bond acceptors (Lipinski definition) is 4. The Morgan fingerprint density at radius 1 is 1.06 bits per heavy atom. The van der Waals surface area contributed by atoms with E-state index in [2.05, 4.69) is 4.74 Å². The van der Waals surface area contributed by atoms with Crippen molar-refractivity contribution in [3.63, 3.8) is 0 Å². The molecule has 0 unspecified atom stereocenters. The largest absolute Gasteiger partial charge is 0.497 e. The third-order valence-corrected chi connectivity index (χ3v) is 1.95. The Labute approximate surface area is 93.5 Å². The van der Waals surface area contributed by atoms with Crippen LogP contribution in [-0.2, 0) is 9.53 Å². The predicted octanol–water partition coefficient (Wildman–Crippen LogP) is 1.61. The molecule has 84 valence electrons. The minimum absolute atomic E-state index is 0.256. The van der Waals surface area contributed by atoms with Crippen molar-refractivity contribution in [3.05, 3.63) is 42.0 Å². The molecule has 0 atom stereocenters. The van der Waals surface area contributed by atoms with Gasteiger partial charge in [0.15, 0.2) is 5.78 Å². The van der Waals surface area contributed by atoms with E-state index < -0.39 is 5.97 Å². The van der Waals surface area contributed by atoms with Crippen molar-refractivity contribution in [2.45, 2.75) is 0 Å². The number of carbonyl (C=O) groups is 2. The molecule has 4 nitrogen and oxygen atoms in total. The van der Waals surface area contributed by atoms with Gasteiger partial charge in [-0.3, -0.25) is 4.79 Å². The first kappa shape index (κ1) is 12.0. The normalized spacial score (nSPS) is 10.1. The maximum absolute atomic E-state index is 11.5. The molecule has 0 heterocycles. The van der Waals surface area contributed by atoms with Gasteiger partial charge in [0.05, 0.1) is 14.2 Å². The first-order valence-electron chi connectivity index (χ1n) is 4.62. The SMILES string of the molecule is COC(=O)/C=C/C(=O)c1ccc(OC)cc1. The van der Waals surface area contributed by atoms with Gasteiger partial charge in [-0.05, 0) is 30.3 Å². The number of methoxy groups -OCH3 is 2. The number of allylic oxidation sites excluding steroid dienone is 1. The fraction of sp³-hybridized carbons (Fsp3) is 0.167. The quantitative estimate of drug-likeness (QED) is 0.439. The van der Waals surface area contributed by atoms with Crippen molar-refractivity contribution in [1.29, 1.82) is 0 Å². The van der Waals surface area contributed by atoms with E-state index in [1.807, 2.05) is 0 Å². The van der Waals surface area contributed by atoms with Gasteiger partial charge in [-0.15, -0.1) is 0 Å². The lowest BCUT2D eigenvalue weighted by molar-refractivity contribution is -0.134. The van der Waals surface area contributed by atoms with Crippen LogP contribution in [0.25, 0.3) is 0 Å². The van der Waals surface area contributed by atoms with Gasteiger partial charge < -0.3 is 9.47 Å². The van der Waals surface area contributed by atoms with Gasteiger partial charge in [-0.1, -0.05) is 0 Å². The smallest absolute Gasteiger partial charge is 0.330 e. The zero-order valence-electron chi connectivity index (χ0n) is 9.10. The Balaban J connectivity index is 2.73. The van der Waals surface area contributed by atoms with Crippen molar-refractivity contribution in [2.75, 3.05) is 14.2 Å². The molecule has 0 aromatic heterocycles. The Morgan fingerprint density at radius 2 is 1.69 bits per heavy atom. The van der Waals surface area contributed by atoms with Crippen LogP contribution in [-0.4, -0.2) is 26.0 Å². The summed E-state index contributed by atoms with van der Waals surface area (Å²) in [5.74, 6) is -0.136. The molecule has 1 rings (SSSR count). The van der Waals surface area contributed by atoms with Crippen LogP contribution in [0.4, 0.5) is 0 Å². The summed E-state index contributed by atoms with van der Waals surface area (Å²) in [7, 11) is 2.80. The maximum atomic E-state index is 11.5. The molecular formula is C12H12O4. The van der Waals surface area contributed by atoms with Gasteiger partial charge in [0.1, 0.15) is 5.75 Å². The van der Waals surface area contributed by atoms with Crippen molar-refractivity contribution in [3.8, 4) is 5.75 Å². The molecule has 1 aromatic rings. The van der Waals surface area contributed by atoms with Crippen LogP contribution < -0.4 is 4.74 Å². The van der Waals surface area contributed by atoms with Crippen LogP contribution >= 0.6 is 0 Å². The second-order valence-corrected chi connectivity index (χ2v) is 2.95. The predicted molar refractivity (Wildman–Crippen MR) is 58.5 cm³/mol. The van der Waals surface area contributed by atoms with Crippen molar-refractivity contribution in [1.82, 2.24) is 0 Å². The number of benzene rings is 1. The second kappa shape index (κ2) is 5.70. The molecule has 0 saturated carbocycles. The lowest BCUT2D eigenvalue weighted by Gasteiger charge is -1.99. The number of hydrogen-bond donors (Lipinski definition) is 0. The van der Waals surface area contributed by atoms with E-state index in [9.17, 15) is 9.59 Å². The van der Waals surface area contributed by atoms with Crippen LogP contribution in [0.5, 0.6) is 5.75 Å². The summed E-state index contributed by atoms with van der Waals surface area (Å²) in [6, 6.07) is 6.62. The number of carbonyl (C=O) groups excluding carboxylic acids is 2. The van der Waals surface area contributed by atoms with Gasteiger partial charge in [0, 0.05) is 11.6 Å². The van der Waals surface area contributed by atoms with Crippen molar-refractivity contribution in [2.24, 2.45) is 0 Å². The van der Waals surface area contributed by atoms with Crippen LogP contribution in [0.3, 0.4) is 0 Å².